The molecule has 1 atom stereocenters. The molecule has 0 spiro atoms. The summed E-state index contributed by atoms with van der Waals surface area (Å²) in [5.41, 5.74) is 1.82. The van der Waals surface area contributed by atoms with Gasteiger partial charge < -0.3 is 19.5 Å². The molecule has 3 aromatic heterocycles. The molecular weight excluding hydrogens is 360 g/mol. The van der Waals surface area contributed by atoms with Gasteiger partial charge in [0, 0.05) is 43.7 Å². The number of H-pyrrole nitrogens is 1. The van der Waals surface area contributed by atoms with Crippen molar-refractivity contribution in [3.63, 3.8) is 0 Å². The van der Waals surface area contributed by atoms with E-state index in [1.54, 1.807) is 19.3 Å². The number of pyridine rings is 1. The minimum absolute atomic E-state index is 0.00896. The number of nitrogens with one attached hydrogen (secondary N) is 1. The van der Waals surface area contributed by atoms with Gasteiger partial charge in [-0.1, -0.05) is 0 Å². The van der Waals surface area contributed by atoms with Crippen LogP contribution < -0.4 is 15.3 Å². The summed E-state index contributed by atoms with van der Waals surface area (Å²) in [6.45, 7) is 4.02. The van der Waals surface area contributed by atoms with Crippen molar-refractivity contribution in [2.45, 2.75) is 25.8 Å². The van der Waals surface area contributed by atoms with Crippen LogP contribution in [0, 0.1) is 0 Å². The summed E-state index contributed by atoms with van der Waals surface area (Å²) in [7, 11) is 1.63. The third kappa shape index (κ3) is 2.49. The van der Waals surface area contributed by atoms with Gasteiger partial charge in [-0.25, -0.2) is 9.48 Å². The Kier molecular flexibility index (Phi) is 3.71. The average molecular weight is 382 g/mol. The van der Waals surface area contributed by atoms with Gasteiger partial charge in [0.25, 0.3) is 5.91 Å². The molecule has 0 unspecified atom stereocenters. The molecule has 5 heterocycles. The maximum atomic E-state index is 12.9. The van der Waals surface area contributed by atoms with Crippen molar-refractivity contribution in [1.29, 1.82) is 0 Å². The molecule has 3 aromatic rings. The highest BCUT2D eigenvalue weighted by Crippen LogP contribution is 2.37. The number of aromatic amines is 1. The van der Waals surface area contributed by atoms with Crippen molar-refractivity contribution in [2.24, 2.45) is 7.05 Å². The lowest BCUT2D eigenvalue weighted by Crippen LogP contribution is -2.33. The molecule has 2 aliphatic heterocycles. The molecule has 1 amide bonds. The van der Waals surface area contributed by atoms with Gasteiger partial charge in [-0.3, -0.25) is 9.20 Å². The van der Waals surface area contributed by atoms with Gasteiger partial charge in [-0.2, -0.15) is 5.10 Å². The first kappa shape index (κ1) is 16.9. The smallest absolute Gasteiger partial charge is 0.350 e. The fraction of sp³-hybridized carbons (Fsp3) is 0.421. The molecule has 0 radical (unpaired) electrons. The molecule has 0 aliphatic carbocycles. The van der Waals surface area contributed by atoms with E-state index in [0.29, 0.717) is 30.2 Å². The zero-order valence-electron chi connectivity index (χ0n) is 15.9. The number of carbonyl (C=O) groups excluding carboxylic acids is 1. The standard InChI is InChI=1S/C19H22N6O3/c1-12-4-3-6-23(12)18(26)14-11-15-17(20-14)24(8-9-28-15)13-5-7-25-16(10-13)21-22(2)19(25)27/h5,7,10-12,20H,3-4,6,8-9H2,1-2H3/t12-/m1/s1. The molecule has 1 fully saturated rings. The normalized spacial score (nSPS) is 19.1. The maximum Gasteiger partial charge on any atom is 0.350 e. The van der Waals surface area contributed by atoms with Gasteiger partial charge >= 0.3 is 5.69 Å². The second-order valence-corrected chi connectivity index (χ2v) is 7.41. The minimum atomic E-state index is -0.184. The molecule has 9 heteroatoms. The largest absolute Gasteiger partial charge is 0.488 e. The molecular formula is C19H22N6O3. The quantitative estimate of drug-likeness (QED) is 0.726. The van der Waals surface area contributed by atoms with Crippen LogP contribution in [0.25, 0.3) is 5.65 Å². The summed E-state index contributed by atoms with van der Waals surface area (Å²) in [4.78, 5) is 32.2. The van der Waals surface area contributed by atoms with Crippen LogP contribution in [-0.2, 0) is 7.05 Å². The molecule has 2 aliphatic rings. The van der Waals surface area contributed by atoms with E-state index in [4.69, 9.17) is 4.74 Å². The number of likely N-dealkylation sites (tertiary alicyclic amines) is 1. The SMILES string of the molecule is C[C@@H]1CCCN1C(=O)c1cc2c([nH]1)N(c1ccn3c(=O)n(C)nc3c1)CCO2. The number of rotatable bonds is 2. The second kappa shape index (κ2) is 6.15. The second-order valence-electron chi connectivity index (χ2n) is 7.41. The third-order valence-corrected chi connectivity index (χ3v) is 5.61. The predicted molar refractivity (Wildman–Crippen MR) is 103 cm³/mol. The van der Waals surface area contributed by atoms with Crippen molar-refractivity contribution in [3.05, 3.63) is 40.6 Å². The highest BCUT2D eigenvalue weighted by molar-refractivity contribution is 5.95. The van der Waals surface area contributed by atoms with E-state index in [2.05, 4.69) is 21.9 Å². The van der Waals surface area contributed by atoms with Crippen molar-refractivity contribution in [1.82, 2.24) is 24.1 Å². The summed E-state index contributed by atoms with van der Waals surface area (Å²) in [6.07, 6.45) is 3.80. The van der Waals surface area contributed by atoms with E-state index in [-0.39, 0.29) is 17.6 Å². The number of aryl methyl sites for hydroxylation is 1. The summed E-state index contributed by atoms with van der Waals surface area (Å²) in [5, 5.41) is 4.26. The number of amides is 1. The van der Waals surface area contributed by atoms with Crippen molar-refractivity contribution < 1.29 is 9.53 Å². The predicted octanol–water partition coefficient (Wildman–Crippen LogP) is 1.52. The van der Waals surface area contributed by atoms with Crippen LogP contribution in [0.15, 0.2) is 29.2 Å². The van der Waals surface area contributed by atoms with Crippen LogP contribution in [0.2, 0.25) is 0 Å². The maximum absolute atomic E-state index is 12.9. The summed E-state index contributed by atoms with van der Waals surface area (Å²) >= 11 is 0. The third-order valence-electron chi connectivity index (χ3n) is 5.61. The number of carbonyl (C=O) groups is 1. The van der Waals surface area contributed by atoms with E-state index in [1.807, 2.05) is 17.0 Å². The number of nitrogens with zero attached hydrogens (tertiary/aromatic N) is 5. The molecule has 5 rings (SSSR count). The number of hydrogen-bond acceptors (Lipinski definition) is 5. The van der Waals surface area contributed by atoms with Crippen LogP contribution in [0.1, 0.15) is 30.3 Å². The zero-order chi connectivity index (χ0) is 19.4. The van der Waals surface area contributed by atoms with Gasteiger partial charge in [0.1, 0.15) is 12.3 Å². The number of hydrogen-bond donors (Lipinski definition) is 1. The Hall–Kier alpha value is -3.23. The Bertz CT molecular complexity index is 1130. The van der Waals surface area contributed by atoms with Crippen LogP contribution >= 0.6 is 0 Å². The lowest BCUT2D eigenvalue weighted by Gasteiger charge is -2.28. The molecule has 0 aromatic carbocycles. The Labute approximate surface area is 161 Å². The fourth-order valence-electron chi connectivity index (χ4n) is 4.09. The Morgan fingerprint density at radius 1 is 1.32 bits per heavy atom. The average Bonchev–Trinajstić information content (AvgIpc) is 3.38. The monoisotopic (exact) mass is 382 g/mol. The Morgan fingerprint density at radius 3 is 2.96 bits per heavy atom. The molecule has 1 saturated heterocycles. The lowest BCUT2D eigenvalue weighted by molar-refractivity contribution is 0.0742. The number of anilines is 2. The van der Waals surface area contributed by atoms with Gasteiger partial charge in [-0.15, -0.1) is 0 Å². The van der Waals surface area contributed by atoms with E-state index in [9.17, 15) is 9.59 Å². The van der Waals surface area contributed by atoms with Gasteiger partial charge in [0.2, 0.25) is 0 Å². The first-order valence-electron chi connectivity index (χ1n) is 9.52. The van der Waals surface area contributed by atoms with E-state index < -0.39 is 0 Å². The highest BCUT2D eigenvalue weighted by atomic mass is 16.5. The summed E-state index contributed by atoms with van der Waals surface area (Å²) < 4.78 is 8.60. The first-order valence-corrected chi connectivity index (χ1v) is 9.52. The van der Waals surface area contributed by atoms with Gasteiger partial charge in [0.15, 0.2) is 17.2 Å². The molecule has 9 nitrogen and oxygen atoms in total. The fourth-order valence-corrected chi connectivity index (χ4v) is 4.09. The van der Waals surface area contributed by atoms with Crippen molar-refractivity contribution in [3.8, 4) is 5.75 Å². The molecule has 0 bridgehead atoms. The first-order chi connectivity index (χ1) is 13.5. The topological polar surface area (TPSA) is 87.9 Å². The van der Waals surface area contributed by atoms with E-state index in [1.165, 1.54) is 9.08 Å². The van der Waals surface area contributed by atoms with Crippen LogP contribution in [-0.4, -0.2) is 55.7 Å². The van der Waals surface area contributed by atoms with Gasteiger partial charge in [-0.05, 0) is 25.8 Å². The molecule has 146 valence electrons. The highest BCUT2D eigenvalue weighted by Gasteiger charge is 2.30. The Morgan fingerprint density at radius 2 is 2.18 bits per heavy atom. The zero-order valence-corrected chi connectivity index (χ0v) is 15.9. The van der Waals surface area contributed by atoms with Crippen molar-refractivity contribution >= 4 is 23.1 Å². The number of fused-ring (bicyclic) bond motifs is 2. The van der Waals surface area contributed by atoms with Crippen molar-refractivity contribution in [2.75, 3.05) is 24.6 Å². The lowest BCUT2D eigenvalue weighted by atomic mass is 10.2. The van der Waals surface area contributed by atoms with E-state index >= 15 is 0 Å². The number of aromatic nitrogens is 4. The number of ether oxygens (including phenoxy) is 1. The molecule has 28 heavy (non-hydrogen) atoms. The van der Waals surface area contributed by atoms with Crippen LogP contribution in [0.3, 0.4) is 0 Å². The van der Waals surface area contributed by atoms with Gasteiger partial charge in [0.05, 0.1) is 6.54 Å². The van der Waals surface area contributed by atoms with Crippen LogP contribution in [0.4, 0.5) is 11.5 Å². The summed E-state index contributed by atoms with van der Waals surface area (Å²) in [6, 6.07) is 5.78. The minimum Gasteiger partial charge on any atom is -0.488 e. The van der Waals surface area contributed by atoms with E-state index in [0.717, 1.165) is 30.9 Å². The molecule has 1 N–H and O–H groups in total. The summed E-state index contributed by atoms with van der Waals surface area (Å²) in [5.74, 6) is 1.43. The van der Waals surface area contributed by atoms with Crippen LogP contribution in [0.5, 0.6) is 5.75 Å². The molecule has 0 saturated carbocycles. The Balaban J connectivity index is 1.51.